The molecule has 1 amide bonds. The average Bonchev–Trinajstić information content (AvgIpc) is 2.68. The first kappa shape index (κ1) is 18.0. The summed E-state index contributed by atoms with van der Waals surface area (Å²) in [6.07, 6.45) is 10.8. The van der Waals surface area contributed by atoms with E-state index in [4.69, 9.17) is 0 Å². The van der Waals surface area contributed by atoms with Crippen LogP contribution in [0.1, 0.15) is 69.0 Å². The summed E-state index contributed by atoms with van der Waals surface area (Å²) in [6.45, 7) is 6.46. The van der Waals surface area contributed by atoms with E-state index in [1.54, 1.807) is 6.92 Å². The van der Waals surface area contributed by atoms with Crippen molar-refractivity contribution in [1.82, 2.24) is 9.80 Å². The fourth-order valence-corrected chi connectivity index (χ4v) is 5.31. The Labute approximate surface area is 157 Å². The molecule has 0 radical (unpaired) electrons. The Hall–Kier alpha value is -1.39. The van der Waals surface area contributed by atoms with Crippen LogP contribution < -0.4 is 5.32 Å². The molecule has 1 aromatic carbocycles. The van der Waals surface area contributed by atoms with Gasteiger partial charge in [0.25, 0.3) is 0 Å². The first-order valence-electron chi connectivity index (χ1n) is 10.6. The zero-order chi connectivity index (χ0) is 17.9. The van der Waals surface area contributed by atoms with Crippen molar-refractivity contribution in [3.05, 3.63) is 29.3 Å². The van der Waals surface area contributed by atoms with E-state index in [1.165, 1.54) is 82.3 Å². The molecule has 1 saturated carbocycles. The first-order valence-corrected chi connectivity index (χ1v) is 10.6. The zero-order valence-electron chi connectivity index (χ0n) is 16.2. The Morgan fingerprint density at radius 1 is 0.962 bits per heavy atom. The number of fused-ring (bicyclic) bond motifs is 1. The van der Waals surface area contributed by atoms with Gasteiger partial charge in [0.05, 0.1) is 0 Å². The summed E-state index contributed by atoms with van der Waals surface area (Å²) in [5, 5.41) is 2.93. The van der Waals surface area contributed by atoms with Gasteiger partial charge in [0, 0.05) is 50.9 Å². The van der Waals surface area contributed by atoms with Crippen molar-refractivity contribution in [2.45, 2.75) is 70.4 Å². The molecule has 3 aliphatic rings. The maximum atomic E-state index is 11.3. The van der Waals surface area contributed by atoms with Crippen LogP contribution in [0, 0.1) is 0 Å². The van der Waals surface area contributed by atoms with E-state index >= 15 is 0 Å². The van der Waals surface area contributed by atoms with Crippen molar-refractivity contribution in [3.8, 4) is 0 Å². The van der Waals surface area contributed by atoms with E-state index in [1.807, 2.05) is 0 Å². The van der Waals surface area contributed by atoms with Crippen molar-refractivity contribution in [1.29, 1.82) is 0 Å². The molecule has 1 aliphatic heterocycles. The summed E-state index contributed by atoms with van der Waals surface area (Å²) < 4.78 is 0. The SMILES string of the molecule is CC(=O)Nc1ccc2c(c1)CCCC2N1CCN(C2CCCCC2)CC1. The van der Waals surface area contributed by atoms with Crippen LogP contribution in [0.15, 0.2) is 18.2 Å². The maximum absolute atomic E-state index is 11.3. The number of aryl methyl sites for hydroxylation is 1. The van der Waals surface area contributed by atoms with Gasteiger partial charge in [-0.05, 0) is 55.4 Å². The highest BCUT2D eigenvalue weighted by molar-refractivity contribution is 5.88. The van der Waals surface area contributed by atoms with Gasteiger partial charge in [-0.3, -0.25) is 14.6 Å². The Morgan fingerprint density at radius 2 is 1.69 bits per heavy atom. The van der Waals surface area contributed by atoms with Gasteiger partial charge in [-0.2, -0.15) is 0 Å². The van der Waals surface area contributed by atoms with Crippen LogP contribution in [0.2, 0.25) is 0 Å². The Morgan fingerprint density at radius 3 is 2.42 bits per heavy atom. The molecule has 2 aliphatic carbocycles. The lowest BCUT2D eigenvalue weighted by Gasteiger charge is -2.44. The second-order valence-corrected chi connectivity index (χ2v) is 8.37. The fraction of sp³-hybridized carbons (Fsp3) is 0.682. The van der Waals surface area contributed by atoms with Gasteiger partial charge in [0.1, 0.15) is 0 Å². The predicted octanol–water partition coefficient (Wildman–Crippen LogP) is 3.97. The van der Waals surface area contributed by atoms with Crippen molar-refractivity contribution < 1.29 is 4.79 Å². The molecule has 142 valence electrons. The van der Waals surface area contributed by atoms with Crippen LogP contribution in [-0.4, -0.2) is 47.9 Å². The largest absolute Gasteiger partial charge is 0.326 e. The predicted molar refractivity (Wildman–Crippen MR) is 106 cm³/mol. The van der Waals surface area contributed by atoms with Crippen LogP contribution in [0.3, 0.4) is 0 Å². The highest BCUT2D eigenvalue weighted by Crippen LogP contribution is 2.36. The van der Waals surface area contributed by atoms with Crippen LogP contribution >= 0.6 is 0 Å². The van der Waals surface area contributed by atoms with Crippen LogP contribution in [0.25, 0.3) is 0 Å². The standard InChI is InChI=1S/C22H33N3O/c1-17(26)23-19-10-11-21-18(16-19)6-5-9-22(21)25-14-12-24(13-15-25)20-7-3-2-4-8-20/h10-11,16,20,22H,2-9,12-15H2,1H3,(H,23,26). The summed E-state index contributed by atoms with van der Waals surface area (Å²) in [4.78, 5) is 16.8. The number of carbonyl (C=O) groups is 1. The van der Waals surface area contributed by atoms with E-state index in [9.17, 15) is 4.79 Å². The summed E-state index contributed by atoms with van der Waals surface area (Å²) in [7, 11) is 0. The highest BCUT2D eigenvalue weighted by Gasteiger charge is 2.31. The molecule has 2 fully saturated rings. The molecule has 26 heavy (non-hydrogen) atoms. The zero-order valence-corrected chi connectivity index (χ0v) is 16.2. The molecule has 0 bridgehead atoms. The number of hydrogen-bond donors (Lipinski definition) is 1. The topological polar surface area (TPSA) is 35.6 Å². The van der Waals surface area contributed by atoms with Crippen molar-refractivity contribution >= 4 is 11.6 Å². The number of rotatable bonds is 3. The smallest absolute Gasteiger partial charge is 0.221 e. The molecule has 1 aromatic rings. The van der Waals surface area contributed by atoms with Crippen LogP contribution in [-0.2, 0) is 11.2 Å². The van der Waals surface area contributed by atoms with Crippen molar-refractivity contribution in [2.75, 3.05) is 31.5 Å². The second-order valence-electron chi connectivity index (χ2n) is 8.37. The van der Waals surface area contributed by atoms with E-state index in [-0.39, 0.29) is 5.91 Å². The number of anilines is 1. The normalized spacial score (nSPS) is 25.7. The lowest BCUT2D eigenvalue weighted by Crippen LogP contribution is -2.51. The lowest BCUT2D eigenvalue weighted by molar-refractivity contribution is -0.114. The number of nitrogens with zero attached hydrogens (tertiary/aromatic N) is 2. The molecule has 1 atom stereocenters. The molecule has 4 rings (SSSR count). The van der Waals surface area contributed by atoms with E-state index in [2.05, 4.69) is 33.3 Å². The van der Waals surface area contributed by atoms with E-state index < -0.39 is 0 Å². The molecule has 1 heterocycles. The van der Waals surface area contributed by atoms with Gasteiger partial charge >= 0.3 is 0 Å². The third kappa shape index (κ3) is 3.96. The van der Waals surface area contributed by atoms with Gasteiger partial charge in [0.15, 0.2) is 0 Å². The highest BCUT2D eigenvalue weighted by atomic mass is 16.1. The molecule has 1 N–H and O–H groups in total. The number of amides is 1. The summed E-state index contributed by atoms with van der Waals surface area (Å²) >= 11 is 0. The van der Waals surface area contributed by atoms with Gasteiger partial charge in [0.2, 0.25) is 5.91 Å². The summed E-state index contributed by atoms with van der Waals surface area (Å²) in [5.41, 5.74) is 3.87. The minimum Gasteiger partial charge on any atom is -0.326 e. The van der Waals surface area contributed by atoms with Crippen LogP contribution in [0.4, 0.5) is 5.69 Å². The Bertz CT molecular complexity index is 630. The molecule has 4 heteroatoms. The van der Waals surface area contributed by atoms with Gasteiger partial charge in [-0.1, -0.05) is 25.3 Å². The van der Waals surface area contributed by atoms with E-state index in [0.29, 0.717) is 6.04 Å². The number of hydrogen-bond acceptors (Lipinski definition) is 3. The third-order valence-electron chi connectivity index (χ3n) is 6.63. The quantitative estimate of drug-likeness (QED) is 0.891. The van der Waals surface area contributed by atoms with Crippen LogP contribution in [0.5, 0.6) is 0 Å². The molecule has 0 aromatic heterocycles. The number of nitrogens with one attached hydrogen (secondary N) is 1. The molecular formula is C22H33N3O. The molecular weight excluding hydrogens is 322 g/mol. The minimum absolute atomic E-state index is 0.0103. The van der Waals surface area contributed by atoms with Gasteiger partial charge in [-0.15, -0.1) is 0 Å². The second kappa shape index (κ2) is 8.10. The monoisotopic (exact) mass is 355 g/mol. The lowest BCUT2D eigenvalue weighted by atomic mass is 9.86. The Balaban J connectivity index is 1.41. The molecule has 1 unspecified atom stereocenters. The Kier molecular flexibility index (Phi) is 5.60. The summed E-state index contributed by atoms with van der Waals surface area (Å²) in [6, 6.07) is 7.96. The number of piperazine rings is 1. The maximum Gasteiger partial charge on any atom is 0.221 e. The summed E-state index contributed by atoms with van der Waals surface area (Å²) in [5.74, 6) is 0.0103. The average molecular weight is 356 g/mol. The molecule has 0 spiro atoms. The third-order valence-corrected chi connectivity index (χ3v) is 6.63. The fourth-order valence-electron chi connectivity index (χ4n) is 5.31. The number of benzene rings is 1. The van der Waals surface area contributed by atoms with Crippen molar-refractivity contribution in [3.63, 3.8) is 0 Å². The molecule has 1 saturated heterocycles. The van der Waals surface area contributed by atoms with Gasteiger partial charge in [-0.25, -0.2) is 0 Å². The van der Waals surface area contributed by atoms with Gasteiger partial charge < -0.3 is 5.32 Å². The minimum atomic E-state index is 0.0103. The van der Waals surface area contributed by atoms with Crippen molar-refractivity contribution in [2.24, 2.45) is 0 Å². The first-order chi connectivity index (χ1) is 12.7. The van der Waals surface area contributed by atoms with E-state index in [0.717, 1.165) is 18.2 Å². The molecule has 4 nitrogen and oxygen atoms in total. The number of carbonyl (C=O) groups excluding carboxylic acids is 1.